The standard InChI is InChI=1S/C14H14Cl2N2O3/c15-10-4-1-5-11(16)13(10)12(19)8-18-14(20)17-7-9-3-2-6-21-9/h1-6,12,19H,7-8H2,(H2,17,18,20). The topological polar surface area (TPSA) is 74.5 Å². The minimum absolute atomic E-state index is 0.00651. The Kier molecular flexibility index (Phi) is 5.50. The van der Waals surface area contributed by atoms with Crippen LogP contribution in [0.15, 0.2) is 41.0 Å². The maximum atomic E-state index is 11.6. The number of rotatable bonds is 5. The number of nitrogens with one attached hydrogen (secondary N) is 2. The molecule has 1 aromatic carbocycles. The molecule has 5 nitrogen and oxygen atoms in total. The fourth-order valence-corrected chi connectivity index (χ4v) is 2.41. The average Bonchev–Trinajstić information content (AvgIpc) is 2.96. The largest absolute Gasteiger partial charge is 0.467 e. The number of carbonyl (C=O) groups is 1. The second-order valence-electron chi connectivity index (χ2n) is 4.29. The first-order valence-electron chi connectivity index (χ1n) is 6.24. The van der Waals surface area contributed by atoms with Gasteiger partial charge < -0.3 is 20.2 Å². The van der Waals surface area contributed by atoms with E-state index in [9.17, 15) is 9.90 Å². The second-order valence-corrected chi connectivity index (χ2v) is 5.11. The van der Waals surface area contributed by atoms with Gasteiger partial charge in [0.25, 0.3) is 0 Å². The summed E-state index contributed by atoms with van der Waals surface area (Å²) < 4.78 is 5.08. The molecule has 21 heavy (non-hydrogen) atoms. The lowest BCUT2D eigenvalue weighted by molar-refractivity contribution is 0.173. The summed E-state index contributed by atoms with van der Waals surface area (Å²) >= 11 is 12.0. The van der Waals surface area contributed by atoms with Crippen molar-refractivity contribution < 1.29 is 14.3 Å². The van der Waals surface area contributed by atoms with Gasteiger partial charge in [0.2, 0.25) is 0 Å². The van der Waals surface area contributed by atoms with Gasteiger partial charge in [-0.25, -0.2) is 4.79 Å². The van der Waals surface area contributed by atoms with Crippen LogP contribution in [0.5, 0.6) is 0 Å². The Balaban J connectivity index is 1.83. The summed E-state index contributed by atoms with van der Waals surface area (Å²) in [6.45, 7) is 0.259. The fourth-order valence-electron chi connectivity index (χ4n) is 1.76. The molecule has 1 unspecified atom stereocenters. The van der Waals surface area contributed by atoms with E-state index < -0.39 is 12.1 Å². The van der Waals surface area contributed by atoms with Gasteiger partial charge in [-0.05, 0) is 24.3 Å². The molecule has 2 amide bonds. The van der Waals surface area contributed by atoms with Gasteiger partial charge >= 0.3 is 6.03 Å². The van der Waals surface area contributed by atoms with Crippen LogP contribution >= 0.6 is 23.2 Å². The van der Waals surface area contributed by atoms with Gasteiger partial charge in [0.15, 0.2) is 0 Å². The van der Waals surface area contributed by atoms with Crippen molar-refractivity contribution in [3.63, 3.8) is 0 Å². The van der Waals surface area contributed by atoms with Crippen molar-refractivity contribution in [3.8, 4) is 0 Å². The van der Waals surface area contributed by atoms with Gasteiger partial charge in [-0.2, -0.15) is 0 Å². The Hall–Kier alpha value is -1.69. The van der Waals surface area contributed by atoms with E-state index in [0.717, 1.165) is 0 Å². The fraction of sp³-hybridized carbons (Fsp3) is 0.214. The highest BCUT2D eigenvalue weighted by Crippen LogP contribution is 2.29. The van der Waals surface area contributed by atoms with E-state index in [1.165, 1.54) is 6.26 Å². The lowest BCUT2D eigenvalue weighted by Crippen LogP contribution is -2.37. The molecule has 0 saturated carbocycles. The Morgan fingerprint density at radius 2 is 1.90 bits per heavy atom. The third kappa shape index (κ3) is 4.39. The zero-order valence-electron chi connectivity index (χ0n) is 11.0. The summed E-state index contributed by atoms with van der Waals surface area (Å²) in [5, 5.41) is 15.9. The molecule has 0 fully saturated rings. The molecule has 7 heteroatoms. The Morgan fingerprint density at radius 3 is 2.52 bits per heavy atom. The number of hydrogen-bond acceptors (Lipinski definition) is 3. The number of hydrogen-bond donors (Lipinski definition) is 3. The lowest BCUT2D eigenvalue weighted by atomic mass is 10.1. The summed E-state index contributed by atoms with van der Waals surface area (Å²) in [5.41, 5.74) is 0.396. The molecule has 1 heterocycles. The quantitative estimate of drug-likeness (QED) is 0.789. The third-order valence-electron chi connectivity index (χ3n) is 2.79. The van der Waals surface area contributed by atoms with Crippen molar-refractivity contribution in [2.75, 3.05) is 6.54 Å². The van der Waals surface area contributed by atoms with Crippen molar-refractivity contribution in [2.45, 2.75) is 12.6 Å². The van der Waals surface area contributed by atoms with Crippen LogP contribution in [0.3, 0.4) is 0 Å². The first-order valence-corrected chi connectivity index (χ1v) is 6.99. The van der Waals surface area contributed by atoms with Crippen molar-refractivity contribution in [3.05, 3.63) is 58.0 Å². The molecule has 2 aromatic rings. The highest BCUT2D eigenvalue weighted by Gasteiger charge is 2.16. The molecule has 0 saturated heterocycles. The normalized spacial score (nSPS) is 12.0. The zero-order valence-corrected chi connectivity index (χ0v) is 12.5. The van der Waals surface area contributed by atoms with Crippen molar-refractivity contribution in [2.24, 2.45) is 0 Å². The molecule has 0 spiro atoms. The van der Waals surface area contributed by atoms with Gasteiger partial charge in [0.1, 0.15) is 5.76 Å². The first-order chi connectivity index (χ1) is 10.1. The van der Waals surface area contributed by atoms with Gasteiger partial charge in [-0.1, -0.05) is 29.3 Å². The van der Waals surface area contributed by atoms with Crippen LogP contribution < -0.4 is 10.6 Å². The molecular weight excluding hydrogens is 315 g/mol. The summed E-state index contributed by atoms with van der Waals surface area (Å²) in [5.74, 6) is 0.639. The number of furan rings is 1. The van der Waals surface area contributed by atoms with Crippen LogP contribution in [-0.2, 0) is 6.54 Å². The van der Waals surface area contributed by atoms with Crippen LogP contribution in [0.25, 0.3) is 0 Å². The number of halogens is 2. The van der Waals surface area contributed by atoms with E-state index in [4.69, 9.17) is 27.6 Å². The maximum Gasteiger partial charge on any atom is 0.315 e. The average molecular weight is 329 g/mol. The SMILES string of the molecule is O=C(NCc1ccco1)NCC(O)c1c(Cl)cccc1Cl. The summed E-state index contributed by atoms with van der Waals surface area (Å²) in [6, 6.07) is 8.00. The number of carbonyl (C=O) groups excluding carboxylic acids is 1. The van der Waals surface area contributed by atoms with Gasteiger partial charge in [-0.3, -0.25) is 0 Å². The number of benzene rings is 1. The van der Waals surface area contributed by atoms with E-state index >= 15 is 0 Å². The molecule has 0 radical (unpaired) electrons. The maximum absolute atomic E-state index is 11.6. The van der Waals surface area contributed by atoms with Gasteiger partial charge in [0, 0.05) is 22.2 Å². The van der Waals surface area contributed by atoms with E-state index in [0.29, 0.717) is 21.4 Å². The highest BCUT2D eigenvalue weighted by molar-refractivity contribution is 6.36. The molecule has 2 rings (SSSR count). The predicted octanol–water partition coefficient (Wildman–Crippen LogP) is 3.12. The summed E-state index contributed by atoms with van der Waals surface area (Å²) in [7, 11) is 0. The first kappa shape index (κ1) is 15.7. The lowest BCUT2D eigenvalue weighted by Gasteiger charge is -2.15. The highest BCUT2D eigenvalue weighted by atomic mass is 35.5. The van der Waals surface area contributed by atoms with Crippen LogP contribution in [0, 0.1) is 0 Å². The van der Waals surface area contributed by atoms with Gasteiger partial charge in [-0.15, -0.1) is 0 Å². The zero-order chi connectivity index (χ0) is 15.2. The minimum Gasteiger partial charge on any atom is -0.467 e. The molecule has 112 valence electrons. The molecule has 0 bridgehead atoms. The number of aliphatic hydroxyl groups excluding tert-OH is 1. The van der Waals surface area contributed by atoms with Crippen LogP contribution in [-0.4, -0.2) is 17.7 Å². The number of amides is 2. The molecular formula is C14H14Cl2N2O3. The van der Waals surface area contributed by atoms with E-state index in [2.05, 4.69) is 10.6 Å². The summed E-state index contributed by atoms with van der Waals surface area (Å²) in [6.07, 6.45) is 0.540. The third-order valence-corrected chi connectivity index (χ3v) is 3.45. The van der Waals surface area contributed by atoms with Crippen LogP contribution in [0.1, 0.15) is 17.4 Å². The Bertz CT molecular complexity index is 582. The van der Waals surface area contributed by atoms with Gasteiger partial charge in [0.05, 0.1) is 18.9 Å². The monoisotopic (exact) mass is 328 g/mol. The van der Waals surface area contributed by atoms with Crippen molar-refractivity contribution in [1.82, 2.24) is 10.6 Å². The molecule has 0 aliphatic carbocycles. The van der Waals surface area contributed by atoms with Crippen molar-refractivity contribution in [1.29, 1.82) is 0 Å². The molecule has 0 aliphatic rings. The minimum atomic E-state index is -0.986. The molecule has 1 atom stereocenters. The number of urea groups is 1. The second kappa shape index (κ2) is 7.36. The van der Waals surface area contributed by atoms with Crippen LogP contribution in [0.4, 0.5) is 4.79 Å². The molecule has 0 aliphatic heterocycles. The van der Waals surface area contributed by atoms with Crippen molar-refractivity contribution >= 4 is 29.2 Å². The smallest absolute Gasteiger partial charge is 0.315 e. The Morgan fingerprint density at radius 1 is 1.19 bits per heavy atom. The molecule has 1 aromatic heterocycles. The number of aliphatic hydroxyl groups is 1. The van der Waals surface area contributed by atoms with E-state index in [-0.39, 0.29) is 13.1 Å². The molecule has 3 N–H and O–H groups in total. The van der Waals surface area contributed by atoms with E-state index in [1.807, 2.05) is 0 Å². The summed E-state index contributed by atoms with van der Waals surface area (Å²) in [4.78, 5) is 11.6. The van der Waals surface area contributed by atoms with E-state index in [1.54, 1.807) is 30.3 Å². The Labute approximate surface area is 131 Å². The van der Waals surface area contributed by atoms with Crippen LogP contribution in [0.2, 0.25) is 10.0 Å². The predicted molar refractivity (Wildman–Crippen MR) is 80.4 cm³/mol.